The second-order valence-electron chi connectivity index (χ2n) is 3.32. The van der Waals surface area contributed by atoms with Gasteiger partial charge in [-0.25, -0.2) is 0 Å². The van der Waals surface area contributed by atoms with Crippen LogP contribution in [0.15, 0.2) is 48.8 Å². The highest BCUT2D eigenvalue weighted by molar-refractivity contribution is 5.98. The molecule has 1 radical (unpaired) electrons. The molecule has 79 valence electrons. The zero-order valence-corrected chi connectivity index (χ0v) is 8.92. The average molecular weight is 211 g/mol. The lowest BCUT2D eigenvalue weighted by molar-refractivity contribution is -0.115. The van der Waals surface area contributed by atoms with Gasteiger partial charge in [-0.3, -0.25) is 14.7 Å². The fraction of sp³-hybridized carbons (Fsp3) is 0.0769. The quantitative estimate of drug-likeness (QED) is 0.764. The van der Waals surface area contributed by atoms with Gasteiger partial charge in [-0.2, -0.15) is 0 Å². The first kappa shape index (κ1) is 10.4. The normalized spacial score (nSPS) is 9.81. The zero-order valence-electron chi connectivity index (χ0n) is 8.92. The van der Waals surface area contributed by atoms with Crippen LogP contribution in [-0.2, 0) is 4.79 Å². The minimum Gasteiger partial charge on any atom is -0.280 e. The molecule has 0 aliphatic rings. The summed E-state index contributed by atoms with van der Waals surface area (Å²) in [5.74, 6) is -0.0424. The van der Waals surface area contributed by atoms with Crippen molar-refractivity contribution >= 4 is 17.3 Å². The van der Waals surface area contributed by atoms with Crippen molar-refractivity contribution < 1.29 is 4.79 Å². The Morgan fingerprint density at radius 3 is 2.56 bits per heavy atom. The molecule has 3 nitrogen and oxygen atoms in total. The van der Waals surface area contributed by atoms with Gasteiger partial charge in [0, 0.05) is 18.8 Å². The molecule has 3 heteroatoms. The summed E-state index contributed by atoms with van der Waals surface area (Å²) in [6, 6.07) is 13.8. The summed E-state index contributed by atoms with van der Waals surface area (Å²) in [5.41, 5.74) is 1.58. The molecule has 0 aliphatic heterocycles. The molecule has 0 fully saturated rings. The average Bonchev–Trinajstić information content (AvgIpc) is 2.31. The Bertz CT molecular complexity index is 428. The highest BCUT2D eigenvalue weighted by Crippen LogP contribution is 2.23. The van der Waals surface area contributed by atoms with E-state index in [1.165, 1.54) is 6.92 Å². The first-order chi connectivity index (χ1) is 7.79. The highest BCUT2D eigenvalue weighted by atomic mass is 16.2. The summed E-state index contributed by atoms with van der Waals surface area (Å²) in [5, 5.41) is 0. The number of hydrogen-bond acceptors (Lipinski definition) is 2. The Kier molecular flexibility index (Phi) is 2.96. The summed E-state index contributed by atoms with van der Waals surface area (Å²) in [7, 11) is 0. The van der Waals surface area contributed by atoms with Gasteiger partial charge in [0.2, 0.25) is 5.91 Å². The van der Waals surface area contributed by atoms with Gasteiger partial charge in [0.25, 0.3) is 0 Å². The number of benzene rings is 1. The lowest BCUT2D eigenvalue weighted by atomic mass is 10.2. The molecule has 0 unspecified atom stereocenters. The van der Waals surface area contributed by atoms with Crippen LogP contribution >= 0.6 is 0 Å². The van der Waals surface area contributed by atoms with Crippen LogP contribution in [0.25, 0.3) is 0 Å². The van der Waals surface area contributed by atoms with Crippen molar-refractivity contribution in [3.63, 3.8) is 0 Å². The molecule has 2 rings (SSSR count). The second kappa shape index (κ2) is 4.57. The minimum absolute atomic E-state index is 0.0424. The van der Waals surface area contributed by atoms with E-state index in [0.29, 0.717) is 0 Å². The predicted molar refractivity (Wildman–Crippen MR) is 62.3 cm³/mol. The van der Waals surface area contributed by atoms with Gasteiger partial charge >= 0.3 is 0 Å². The Balaban J connectivity index is 2.44. The van der Waals surface area contributed by atoms with Gasteiger partial charge in [0.05, 0.1) is 11.9 Å². The molecule has 0 saturated carbocycles. The number of aromatic nitrogens is 1. The molecule has 0 spiro atoms. The van der Waals surface area contributed by atoms with Gasteiger partial charge < -0.3 is 0 Å². The van der Waals surface area contributed by atoms with E-state index in [1.54, 1.807) is 35.5 Å². The standard InChI is InChI=1S/C13H11N2O/c1-11(16)15(12-6-3-2-4-7-12)13-8-5-9-14-10-13/h3-10H,1H3. The first-order valence-corrected chi connectivity index (χ1v) is 4.96. The van der Waals surface area contributed by atoms with E-state index in [-0.39, 0.29) is 5.91 Å². The van der Waals surface area contributed by atoms with Gasteiger partial charge in [-0.15, -0.1) is 0 Å². The number of amides is 1. The number of carbonyl (C=O) groups excluding carboxylic acids is 1. The van der Waals surface area contributed by atoms with Gasteiger partial charge in [0.15, 0.2) is 0 Å². The van der Waals surface area contributed by atoms with Crippen LogP contribution in [0.2, 0.25) is 0 Å². The fourth-order valence-electron chi connectivity index (χ4n) is 1.53. The van der Waals surface area contributed by atoms with Crippen molar-refractivity contribution in [3.05, 3.63) is 54.9 Å². The number of hydrogen-bond donors (Lipinski definition) is 0. The van der Waals surface area contributed by atoms with Crippen LogP contribution in [0.4, 0.5) is 11.4 Å². The summed E-state index contributed by atoms with van der Waals surface area (Å²) in [6.07, 6.45) is 3.35. The third-order valence-electron chi connectivity index (χ3n) is 2.18. The lowest BCUT2D eigenvalue weighted by Crippen LogP contribution is -2.22. The van der Waals surface area contributed by atoms with E-state index in [9.17, 15) is 4.79 Å². The topological polar surface area (TPSA) is 33.2 Å². The molecule has 2 aromatic rings. The van der Waals surface area contributed by atoms with E-state index in [1.807, 2.05) is 18.2 Å². The minimum atomic E-state index is -0.0424. The maximum absolute atomic E-state index is 11.6. The molecule has 1 aromatic carbocycles. The zero-order chi connectivity index (χ0) is 11.4. The summed E-state index contributed by atoms with van der Waals surface area (Å²) < 4.78 is 0. The Morgan fingerprint density at radius 2 is 2.00 bits per heavy atom. The van der Waals surface area contributed by atoms with Crippen LogP contribution < -0.4 is 4.90 Å². The van der Waals surface area contributed by atoms with Crippen molar-refractivity contribution in [2.45, 2.75) is 6.92 Å². The second-order valence-corrected chi connectivity index (χ2v) is 3.32. The molecule has 1 aromatic heterocycles. The molecule has 0 bridgehead atoms. The molecule has 1 amide bonds. The van der Waals surface area contributed by atoms with Crippen molar-refractivity contribution in [1.29, 1.82) is 0 Å². The van der Waals surface area contributed by atoms with Crippen LogP contribution in [0, 0.1) is 6.07 Å². The number of nitrogens with zero attached hydrogens (tertiary/aromatic N) is 2. The van der Waals surface area contributed by atoms with Crippen LogP contribution in [0.1, 0.15) is 6.92 Å². The summed E-state index contributed by atoms with van der Waals surface area (Å²) in [4.78, 5) is 17.3. The fourth-order valence-corrected chi connectivity index (χ4v) is 1.53. The van der Waals surface area contributed by atoms with Crippen LogP contribution in [0.5, 0.6) is 0 Å². The Hall–Kier alpha value is -2.16. The van der Waals surface area contributed by atoms with Crippen molar-refractivity contribution in [2.75, 3.05) is 4.90 Å². The molecular weight excluding hydrogens is 200 g/mol. The van der Waals surface area contributed by atoms with E-state index in [4.69, 9.17) is 0 Å². The molecule has 0 saturated heterocycles. The summed E-state index contributed by atoms with van der Waals surface area (Å²) in [6.45, 7) is 1.53. The van der Waals surface area contributed by atoms with Crippen LogP contribution in [0.3, 0.4) is 0 Å². The predicted octanol–water partition coefficient (Wildman–Crippen LogP) is 2.57. The maximum atomic E-state index is 11.6. The number of anilines is 2. The molecule has 16 heavy (non-hydrogen) atoms. The van der Waals surface area contributed by atoms with Gasteiger partial charge in [0.1, 0.15) is 0 Å². The van der Waals surface area contributed by atoms with E-state index in [0.717, 1.165) is 11.4 Å². The first-order valence-electron chi connectivity index (χ1n) is 4.96. The van der Waals surface area contributed by atoms with E-state index in [2.05, 4.69) is 11.1 Å². The monoisotopic (exact) mass is 211 g/mol. The largest absolute Gasteiger partial charge is 0.280 e. The van der Waals surface area contributed by atoms with Gasteiger partial charge in [-0.05, 0) is 30.3 Å². The van der Waals surface area contributed by atoms with Gasteiger partial charge in [-0.1, -0.05) is 12.1 Å². The molecule has 0 aliphatic carbocycles. The van der Waals surface area contributed by atoms with Crippen molar-refractivity contribution in [1.82, 2.24) is 4.98 Å². The van der Waals surface area contributed by atoms with E-state index < -0.39 is 0 Å². The lowest BCUT2D eigenvalue weighted by Gasteiger charge is -2.20. The Morgan fingerprint density at radius 1 is 1.25 bits per heavy atom. The van der Waals surface area contributed by atoms with Crippen molar-refractivity contribution in [3.8, 4) is 0 Å². The molecule has 0 N–H and O–H groups in total. The maximum Gasteiger partial charge on any atom is 0.228 e. The number of carbonyl (C=O) groups is 1. The molecule has 0 atom stereocenters. The smallest absolute Gasteiger partial charge is 0.228 e. The number of pyridine rings is 1. The molecular formula is C13H11N2O. The summed E-state index contributed by atoms with van der Waals surface area (Å²) >= 11 is 0. The highest BCUT2D eigenvalue weighted by Gasteiger charge is 2.12. The van der Waals surface area contributed by atoms with E-state index >= 15 is 0 Å². The third-order valence-corrected chi connectivity index (χ3v) is 2.18. The van der Waals surface area contributed by atoms with Crippen molar-refractivity contribution in [2.24, 2.45) is 0 Å². The third kappa shape index (κ3) is 2.08. The molecule has 1 heterocycles. The Labute approximate surface area is 94.4 Å². The van der Waals surface area contributed by atoms with Crippen LogP contribution in [-0.4, -0.2) is 10.9 Å². The SMILES string of the molecule is CC(=O)N(c1cc[c]cc1)c1cccnc1. The number of rotatable bonds is 2.